The Morgan fingerprint density at radius 1 is 1.11 bits per heavy atom. The van der Waals surface area contributed by atoms with Crippen molar-refractivity contribution in [2.75, 3.05) is 59.4 Å². The fourth-order valence-electron chi connectivity index (χ4n) is 3.76. The number of halogens is 1. The minimum absolute atomic E-state index is 0. The first-order valence-electron chi connectivity index (χ1n) is 10.1. The van der Waals surface area contributed by atoms with E-state index < -0.39 is 0 Å². The van der Waals surface area contributed by atoms with Crippen molar-refractivity contribution in [1.82, 2.24) is 29.8 Å². The normalized spacial score (nSPS) is 18.7. The van der Waals surface area contributed by atoms with E-state index in [1.807, 2.05) is 35.9 Å². The minimum atomic E-state index is 0. The van der Waals surface area contributed by atoms with Gasteiger partial charge in [-0.2, -0.15) is 5.10 Å². The van der Waals surface area contributed by atoms with Crippen LogP contribution in [0.5, 0.6) is 0 Å². The second-order valence-electron chi connectivity index (χ2n) is 7.46. The number of nitrogens with one attached hydrogen (secondary N) is 1. The van der Waals surface area contributed by atoms with E-state index in [0.717, 1.165) is 71.2 Å². The van der Waals surface area contributed by atoms with Crippen molar-refractivity contribution in [1.29, 1.82) is 0 Å². The van der Waals surface area contributed by atoms with Crippen molar-refractivity contribution in [2.45, 2.75) is 32.7 Å². The molecule has 0 radical (unpaired) electrons. The van der Waals surface area contributed by atoms with Gasteiger partial charge in [0.1, 0.15) is 0 Å². The molecule has 1 amide bonds. The molecule has 158 valence electrons. The van der Waals surface area contributed by atoms with Crippen LogP contribution in [0.2, 0.25) is 0 Å². The topological polar surface area (TPSA) is 69.0 Å². The van der Waals surface area contributed by atoms with Gasteiger partial charge in [0.25, 0.3) is 0 Å². The molecular formula is C19H34IN7O. The lowest BCUT2D eigenvalue weighted by Crippen LogP contribution is -2.54. The molecule has 0 unspecified atom stereocenters. The second kappa shape index (κ2) is 11.6. The highest BCUT2D eigenvalue weighted by Gasteiger charge is 2.23. The van der Waals surface area contributed by atoms with Gasteiger partial charge in [-0.1, -0.05) is 0 Å². The number of aliphatic imine (C=N–C) groups is 1. The number of carbonyl (C=O) groups is 1. The Morgan fingerprint density at radius 3 is 2.43 bits per heavy atom. The summed E-state index contributed by atoms with van der Waals surface area (Å²) in [5, 5.41) is 7.73. The van der Waals surface area contributed by atoms with Crippen LogP contribution in [0.1, 0.15) is 24.8 Å². The number of piperazine rings is 1. The Hall–Kier alpha value is -1.36. The molecule has 1 aromatic heterocycles. The Kier molecular flexibility index (Phi) is 9.49. The Morgan fingerprint density at radius 2 is 1.82 bits per heavy atom. The monoisotopic (exact) mass is 503 g/mol. The van der Waals surface area contributed by atoms with Gasteiger partial charge in [0.15, 0.2) is 5.96 Å². The molecule has 2 saturated heterocycles. The number of aromatic nitrogens is 2. The molecule has 0 spiro atoms. The number of nitrogens with zero attached hydrogens (tertiary/aromatic N) is 6. The number of hydrogen-bond donors (Lipinski definition) is 1. The summed E-state index contributed by atoms with van der Waals surface area (Å²) in [4.78, 5) is 23.4. The van der Waals surface area contributed by atoms with Crippen LogP contribution in [-0.2, 0) is 11.3 Å². The van der Waals surface area contributed by atoms with E-state index >= 15 is 0 Å². The maximum Gasteiger partial charge on any atom is 0.236 e. The van der Waals surface area contributed by atoms with E-state index in [2.05, 4.69) is 25.2 Å². The van der Waals surface area contributed by atoms with Crippen LogP contribution in [0, 0.1) is 6.92 Å². The molecule has 9 heteroatoms. The van der Waals surface area contributed by atoms with E-state index in [1.54, 1.807) is 0 Å². The van der Waals surface area contributed by atoms with Gasteiger partial charge in [-0.25, -0.2) is 0 Å². The lowest BCUT2D eigenvalue weighted by atomic mass is 10.1. The zero-order chi connectivity index (χ0) is 19.1. The van der Waals surface area contributed by atoms with Crippen LogP contribution in [0.4, 0.5) is 0 Å². The molecule has 1 N–H and O–H groups in total. The third-order valence-electron chi connectivity index (χ3n) is 5.34. The van der Waals surface area contributed by atoms with Crippen LogP contribution >= 0.6 is 24.0 Å². The molecule has 0 bridgehead atoms. The van der Waals surface area contributed by atoms with E-state index in [0.29, 0.717) is 12.5 Å². The average Bonchev–Trinajstić information content (AvgIpc) is 3.12. The summed E-state index contributed by atoms with van der Waals surface area (Å²) in [6.45, 7) is 9.68. The summed E-state index contributed by atoms with van der Waals surface area (Å²) in [7, 11) is 1.83. The lowest BCUT2D eigenvalue weighted by molar-refractivity contribution is -0.133. The van der Waals surface area contributed by atoms with Gasteiger partial charge < -0.3 is 15.1 Å². The third-order valence-corrected chi connectivity index (χ3v) is 5.34. The van der Waals surface area contributed by atoms with Crippen LogP contribution in [0.15, 0.2) is 17.4 Å². The molecule has 2 aliphatic rings. The number of aryl methyl sites for hydroxylation is 1. The molecular weight excluding hydrogens is 469 g/mol. The van der Waals surface area contributed by atoms with Gasteiger partial charge in [0, 0.05) is 59.1 Å². The molecule has 3 rings (SSSR count). The molecule has 0 saturated carbocycles. The maximum atomic E-state index is 12.4. The van der Waals surface area contributed by atoms with E-state index in [4.69, 9.17) is 0 Å². The number of rotatable bonds is 5. The zero-order valence-corrected chi connectivity index (χ0v) is 19.5. The standard InChI is InChI=1S/C19H33N7O.HI/c1-17-14-22-26(15-17)9-6-21-19(20-2)25-12-10-23(11-13-25)16-18(27)24-7-4-3-5-8-24;/h14-15H,3-13,16H2,1-2H3,(H,20,21);1H. The molecule has 8 nitrogen and oxygen atoms in total. The first kappa shape index (κ1) is 22.9. The van der Waals surface area contributed by atoms with Crippen molar-refractivity contribution >= 4 is 35.8 Å². The fraction of sp³-hybridized carbons (Fsp3) is 0.737. The van der Waals surface area contributed by atoms with Crippen molar-refractivity contribution in [3.05, 3.63) is 18.0 Å². The molecule has 1 aromatic rings. The van der Waals surface area contributed by atoms with Gasteiger partial charge in [-0.05, 0) is 31.7 Å². The Bertz CT molecular complexity index is 634. The smallest absolute Gasteiger partial charge is 0.236 e. The molecule has 3 heterocycles. The Labute approximate surface area is 185 Å². The van der Waals surface area contributed by atoms with Crippen LogP contribution in [0.25, 0.3) is 0 Å². The largest absolute Gasteiger partial charge is 0.354 e. The second-order valence-corrected chi connectivity index (χ2v) is 7.46. The third kappa shape index (κ3) is 6.61. The highest BCUT2D eigenvalue weighted by atomic mass is 127. The highest BCUT2D eigenvalue weighted by Crippen LogP contribution is 2.10. The van der Waals surface area contributed by atoms with E-state index in [9.17, 15) is 4.79 Å². The predicted molar refractivity (Wildman–Crippen MR) is 122 cm³/mol. The summed E-state index contributed by atoms with van der Waals surface area (Å²) in [5.41, 5.74) is 1.18. The van der Waals surface area contributed by atoms with Crippen molar-refractivity contribution < 1.29 is 4.79 Å². The molecule has 2 aliphatic heterocycles. The average molecular weight is 503 g/mol. The summed E-state index contributed by atoms with van der Waals surface area (Å²) >= 11 is 0. The molecule has 0 aromatic carbocycles. The minimum Gasteiger partial charge on any atom is -0.354 e. The van der Waals surface area contributed by atoms with Crippen LogP contribution < -0.4 is 5.32 Å². The number of hydrogen-bond acceptors (Lipinski definition) is 4. The van der Waals surface area contributed by atoms with Gasteiger partial charge in [-0.15, -0.1) is 24.0 Å². The predicted octanol–water partition coefficient (Wildman–Crippen LogP) is 1.02. The maximum absolute atomic E-state index is 12.4. The summed E-state index contributed by atoms with van der Waals surface area (Å²) in [6, 6.07) is 0. The number of amides is 1. The number of piperidine rings is 1. The van der Waals surface area contributed by atoms with Crippen molar-refractivity contribution in [3.63, 3.8) is 0 Å². The fourth-order valence-corrected chi connectivity index (χ4v) is 3.76. The SMILES string of the molecule is CN=C(NCCn1cc(C)cn1)N1CCN(CC(=O)N2CCCCC2)CC1.I. The summed E-state index contributed by atoms with van der Waals surface area (Å²) in [5.74, 6) is 1.22. The van der Waals surface area contributed by atoms with Gasteiger partial charge >= 0.3 is 0 Å². The molecule has 0 aliphatic carbocycles. The molecule has 28 heavy (non-hydrogen) atoms. The molecule has 0 atom stereocenters. The van der Waals surface area contributed by atoms with Crippen molar-refractivity contribution in [3.8, 4) is 0 Å². The summed E-state index contributed by atoms with van der Waals surface area (Å²) in [6.07, 6.45) is 7.48. The van der Waals surface area contributed by atoms with E-state index in [1.165, 1.54) is 12.0 Å². The van der Waals surface area contributed by atoms with Gasteiger partial charge in [-0.3, -0.25) is 19.4 Å². The zero-order valence-electron chi connectivity index (χ0n) is 17.1. The lowest BCUT2D eigenvalue weighted by Gasteiger charge is -2.37. The van der Waals surface area contributed by atoms with Gasteiger partial charge in [0.05, 0.1) is 19.3 Å². The first-order valence-corrected chi connectivity index (χ1v) is 10.1. The van der Waals surface area contributed by atoms with Crippen molar-refractivity contribution in [2.24, 2.45) is 4.99 Å². The quantitative estimate of drug-likeness (QED) is 0.369. The van der Waals surface area contributed by atoms with Crippen LogP contribution in [-0.4, -0.2) is 95.8 Å². The Balaban J connectivity index is 0.00000280. The van der Waals surface area contributed by atoms with Crippen LogP contribution in [0.3, 0.4) is 0 Å². The molecule has 2 fully saturated rings. The number of guanidine groups is 1. The number of carbonyl (C=O) groups excluding carboxylic acids is 1. The number of likely N-dealkylation sites (tertiary alicyclic amines) is 1. The van der Waals surface area contributed by atoms with Gasteiger partial charge in [0.2, 0.25) is 5.91 Å². The summed E-state index contributed by atoms with van der Waals surface area (Å²) < 4.78 is 1.94. The van der Waals surface area contributed by atoms with E-state index in [-0.39, 0.29) is 24.0 Å². The highest BCUT2D eigenvalue weighted by molar-refractivity contribution is 14.0. The first-order chi connectivity index (χ1) is 13.2.